The fraction of sp³-hybridized carbons (Fsp3) is 0.312. The summed E-state index contributed by atoms with van der Waals surface area (Å²) in [4.78, 5) is 11.6. The van der Waals surface area contributed by atoms with E-state index >= 15 is 0 Å². The number of carbonyl (C=O) groups excluding carboxylic acids is 1. The monoisotopic (exact) mass is 241 g/mol. The molecule has 0 saturated heterocycles. The van der Waals surface area contributed by atoms with Gasteiger partial charge in [-0.1, -0.05) is 37.6 Å². The molecule has 0 unspecified atom stereocenters. The zero-order valence-corrected chi connectivity index (χ0v) is 11.0. The minimum atomic E-state index is -0.0352. The molecule has 0 aliphatic rings. The third kappa shape index (κ3) is 2.70. The quantitative estimate of drug-likeness (QED) is 0.871. The van der Waals surface area contributed by atoms with Crippen LogP contribution >= 0.6 is 0 Å². The lowest BCUT2D eigenvalue weighted by Crippen LogP contribution is -2.17. The number of hydrogen-bond donors (Lipinski definition) is 1. The number of unbranched alkanes of at least 4 members (excludes halogenated alkanes) is 1. The first-order valence-corrected chi connectivity index (χ1v) is 6.49. The summed E-state index contributed by atoms with van der Waals surface area (Å²) in [6.45, 7) is 2.21. The molecule has 2 nitrogen and oxygen atoms in total. The van der Waals surface area contributed by atoms with E-state index in [-0.39, 0.29) is 5.91 Å². The number of fused-ring (bicyclic) bond motifs is 1. The summed E-state index contributed by atoms with van der Waals surface area (Å²) in [5, 5.41) is 4.97. The Morgan fingerprint density at radius 3 is 2.56 bits per heavy atom. The molecule has 18 heavy (non-hydrogen) atoms. The Kier molecular flexibility index (Phi) is 3.98. The minimum Gasteiger partial charge on any atom is -0.355 e. The zero-order chi connectivity index (χ0) is 13.0. The molecule has 0 aliphatic carbocycles. The van der Waals surface area contributed by atoms with Gasteiger partial charge in [-0.15, -0.1) is 0 Å². The van der Waals surface area contributed by atoms with Crippen molar-refractivity contribution in [2.75, 3.05) is 7.05 Å². The van der Waals surface area contributed by atoms with Gasteiger partial charge in [0.25, 0.3) is 5.91 Å². The number of rotatable bonds is 4. The molecule has 0 aliphatic heterocycles. The van der Waals surface area contributed by atoms with E-state index in [0.717, 1.165) is 11.8 Å². The summed E-state index contributed by atoms with van der Waals surface area (Å²) >= 11 is 0. The first-order valence-electron chi connectivity index (χ1n) is 6.49. The molecular weight excluding hydrogens is 222 g/mol. The Morgan fingerprint density at radius 2 is 1.83 bits per heavy atom. The first-order chi connectivity index (χ1) is 8.74. The van der Waals surface area contributed by atoms with Gasteiger partial charge in [0, 0.05) is 12.6 Å². The third-order valence-electron chi connectivity index (χ3n) is 3.21. The average molecular weight is 241 g/mol. The lowest BCUT2D eigenvalue weighted by molar-refractivity contribution is 0.0963. The van der Waals surface area contributed by atoms with Crippen molar-refractivity contribution in [2.45, 2.75) is 26.2 Å². The Morgan fingerprint density at radius 1 is 1.11 bits per heavy atom. The largest absolute Gasteiger partial charge is 0.355 e. The van der Waals surface area contributed by atoms with Crippen LogP contribution < -0.4 is 5.32 Å². The summed E-state index contributed by atoms with van der Waals surface area (Å²) in [6, 6.07) is 12.3. The van der Waals surface area contributed by atoms with Crippen LogP contribution in [0.2, 0.25) is 0 Å². The molecule has 0 aromatic heterocycles. The molecule has 0 radical (unpaired) electrons. The van der Waals surface area contributed by atoms with Crippen LogP contribution in [0.5, 0.6) is 0 Å². The predicted octanol–water partition coefficient (Wildman–Crippen LogP) is 3.54. The van der Waals surface area contributed by atoms with Crippen LogP contribution in [0.15, 0.2) is 36.4 Å². The summed E-state index contributed by atoms with van der Waals surface area (Å²) < 4.78 is 0. The molecule has 0 bridgehead atoms. The maximum absolute atomic E-state index is 11.6. The first kappa shape index (κ1) is 12.6. The second-order valence-electron chi connectivity index (χ2n) is 4.58. The van der Waals surface area contributed by atoms with Crippen LogP contribution in [0.3, 0.4) is 0 Å². The van der Waals surface area contributed by atoms with Crippen molar-refractivity contribution in [3.8, 4) is 0 Å². The molecule has 2 rings (SSSR count). The zero-order valence-electron chi connectivity index (χ0n) is 11.0. The van der Waals surface area contributed by atoms with Gasteiger partial charge in [0.05, 0.1) is 0 Å². The van der Waals surface area contributed by atoms with E-state index < -0.39 is 0 Å². The van der Waals surface area contributed by atoms with E-state index in [2.05, 4.69) is 30.4 Å². The lowest BCUT2D eigenvalue weighted by atomic mass is 10.0. The average Bonchev–Trinajstić information content (AvgIpc) is 2.43. The van der Waals surface area contributed by atoms with Gasteiger partial charge in [0.2, 0.25) is 0 Å². The Bertz CT molecular complexity index is 560. The molecule has 1 N–H and O–H groups in total. The summed E-state index contributed by atoms with van der Waals surface area (Å²) in [5.74, 6) is -0.0352. The van der Waals surface area contributed by atoms with Crippen molar-refractivity contribution in [3.05, 3.63) is 47.5 Å². The Labute approximate surface area is 108 Å². The van der Waals surface area contributed by atoms with Gasteiger partial charge in [-0.25, -0.2) is 0 Å². The number of nitrogens with one attached hydrogen (secondary N) is 1. The van der Waals surface area contributed by atoms with Gasteiger partial charge in [0.15, 0.2) is 0 Å². The standard InChI is InChI=1S/C16H19NO/c1-3-4-5-12-6-7-14-11-15(16(18)17-2)9-8-13(14)10-12/h6-11H,3-5H2,1-2H3,(H,17,18). The molecule has 94 valence electrons. The second-order valence-corrected chi connectivity index (χ2v) is 4.58. The SMILES string of the molecule is CCCCc1ccc2cc(C(=O)NC)ccc2c1. The fourth-order valence-corrected chi connectivity index (χ4v) is 2.12. The van der Waals surface area contributed by atoms with Crippen LogP contribution in [0.25, 0.3) is 10.8 Å². The van der Waals surface area contributed by atoms with Gasteiger partial charge in [-0.2, -0.15) is 0 Å². The summed E-state index contributed by atoms with van der Waals surface area (Å²) in [5.41, 5.74) is 2.09. The smallest absolute Gasteiger partial charge is 0.251 e. The number of benzene rings is 2. The molecular formula is C16H19NO. The number of amides is 1. The highest BCUT2D eigenvalue weighted by Gasteiger charge is 2.04. The molecule has 0 heterocycles. The van der Waals surface area contributed by atoms with E-state index in [9.17, 15) is 4.79 Å². The van der Waals surface area contributed by atoms with Gasteiger partial charge < -0.3 is 5.32 Å². The second kappa shape index (κ2) is 5.67. The van der Waals surface area contributed by atoms with E-state index in [0.29, 0.717) is 5.56 Å². The maximum Gasteiger partial charge on any atom is 0.251 e. The molecule has 0 atom stereocenters. The van der Waals surface area contributed by atoms with E-state index in [4.69, 9.17) is 0 Å². The molecule has 1 amide bonds. The Balaban J connectivity index is 2.33. The molecule has 2 aromatic carbocycles. The van der Waals surface area contributed by atoms with Crippen molar-refractivity contribution in [1.82, 2.24) is 5.32 Å². The fourth-order valence-electron chi connectivity index (χ4n) is 2.12. The highest BCUT2D eigenvalue weighted by molar-refractivity contribution is 5.98. The van der Waals surface area contributed by atoms with Crippen molar-refractivity contribution >= 4 is 16.7 Å². The molecule has 2 aromatic rings. The van der Waals surface area contributed by atoms with Crippen LogP contribution in [0, 0.1) is 0 Å². The summed E-state index contributed by atoms with van der Waals surface area (Å²) in [6.07, 6.45) is 3.57. The summed E-state index contributed by atoms with van der Waals surface area (Å²) in [7, 11) is 1.65. The van der Waals surface area contributed by atoms with E-state index in [1.807, 2.05) is 18.2 Å². The topological polar surface area (TPSA) is 29.1 Å². The molecule has 0 spiro atoms. The van der Waals surface area contributed by atoms with Crippen molar-refractivity contribution in [2.24, 2.45) is 0 Å². The van der Waals surface area contributed by atoms with Crippen LogP contribution in [0.4, 0.5) is 0 Å². The van der Waals surface area contributed by atoms with Crippen LogP contribution in [0.1, 0.15) is 35.7 Å². The number of carbonyl (C=O) groups is 1. The molecule has 0 fully saturated rings. The number of hydrogen-bond acceptors (Lipinski definition) is 1. The lowest BCUT2D eigenvalue weighted by Gasteiger charge is -2.05. The van der Waals surface area contributed by atoms with Crippen LogP contribution in [-0.4, -0.2) is 13.0 Å². The molecule has 0 saturated carbocycles. The minimum absolute atomic E-state index is 0.0352. The van der Waals surface area contributed by atoms with Crippen molar-refractivity contribution in [1.29, 1.82) is 0 Å². The highest BCUT2D eigenvalue weighted by atomic mass is 16.1. The van der Waals surface area contributed by atoms with Gasteiger partial charge in [0.1, 0.15) is 0 Å². The maximum atomic E-state index is 11.6. The van der Waals surface area contributed by atoms with Gasteiger partial charge >= 0.3 is 0 Å². The van der Waals surface area contributed by atoms with Crippen molar-refractivity contribution < 1.29 is 4.79 Å². The molecule has 2 heteroatoms. The predicted molar refractivity (Wildman–Crippen MR) is 76.0 cm³/mol. The van der Waals surface area contributed by atoms with Gasteiger partial charge in [-0.05, 0) is 41.3 Å². The highest BCUT2D eigenvalue weighted by Crippen LogP contribution is 2.19. The normalized spacial score (nSPS) is 10.6. The van der Waals surface area contributed by atoms with E-state index in [1.165, 1.54) is 23.8 Å². The van der Waals surface area contributed by atoms with Crippen LogP contribution in [-0.2, 0) is 6.42 Å². The number of aryl methyl sites for hydroxylation is 1. The van der Waals surface area contributed by atoms with Crippen molar-refractivity contribution in [3.63, 3.8) is 0 Å². The third-order valence-corrected chi connectivity index (χ3v) is 3.21. The Hall–Kier alpha value is -1.83. The van der Waals surface area contributed by atoms with Gasteiger partial charge in [-0.3, -0.25) is 4.79 Å². The van der Waals surface area contributed by atoms with E-state index in [1.54, 1.807) is 7.05 Å².